The molecule has 1 aromatic heterocycles. The molecule has 0 aliphatic carbocycles. The number of ether oxygens (including phenoxy) is 1. The lowest BCUT2D eigenvalue weighted by molar-refractivity contribution is -0.142. The highest BCUT2D eigenvalue weighted by Crippen LogP contribution is 2.16. The number of carbonyl (C=O) groups is 1. The fourth-order valence-electron chi connectivity index (χ4n) is 1.97. The lowest BCUT2D eigenvalue weighted by Gasteiger charge is -2.19. The van der Waals surface area contributed by atoms with Gasteiger partial charge in [-0.15, -0.1) is 0 Å². The fraction of sp³-hybridized carbons (Fsp3) is 0.412. The highest BCUT2D eigenvalue weighted by atomic mass is 16.5. The third kappa shape index (κ3) is 4.62. The van der Waals surface area contributed by atoms with E-state index in [1.807, 2.05) is 30.6 Å². The molecule has 0 bridgehead atoms. The quantitative estimate of drug-likeness (QED) is 0.861. The van der Waals surface area contributed by atoms with Gasteiger partial charge >= 0.3 is 5.97 Å². The van der Waals surface area contributed by atoms with Gasteiger partial charge < -0.3 is 14.6 Å². The van der Waals surface area contributed by atoms with Crippen molar-refractivity contribution in [2.75, 3.05) is 5.32 Å². The number of carbonyl (C=O) groups excluding carboxylic acids is 1. The summed E-state index contributed by atoms with van der Waals surface area (Å²) in [6.07, 6.45) is 3.91. The van der Waals surface area contributed by atoms with Crippen LogP contribution in [0.5, 0.6) is 0 Å². The monoisotopic (exact) mass is 301 g/mol. The van der Waals surface area contributed by atoms with Crippen molar-refractivity contribution in [2.24, 2.45) is 0 Å². The zero-order chi connectivity index (χ0) is 16.2. The van der Waals surface area contributed by atoms with Crippen LogP contribution in [0, 0.1) is 0 Å². The van der Waals surface area contributed by atoms with Crippen LogP contribution in [0.15, 0.2) is 36.8 Å². The van der Waals surface area contributed by atoms with Crippen molar-refractivity contribution < 1.29 is 9.53 Å². The largest absolute Gasteiger partial charge is 0.461 e. The number of rotatable bonds is 5. The van der Waals surface area contributed by atoms with Gasteiger partial charge in [-0.05, 0) is 38.5 Å². The second-order valence-electron chi connectivity index (χ2n) is 6.28. The summed E-state index contributed by atoms with van der Waals surface area (Å²) >= 11 is 0. The van der Waals surface area contributed by atoms with E-state index in [1.54, 1.807) is 0 Å². The van der Waals surface area contributed by atoms with Crippen LogP contribution in [-0.2, 0) is 28.2 Å². The average molecular weight is 301 g/mol. The molecule has 0 saturated heterocycles. The molecule has 0 atom stereocenters. The van der Waals surface area contributed by atoms with Crippen molar-refractivity contribution in [3.63, 3.8) is 0 Å². The highest BCUT2D eigenvalue weighted by molar-refractivity contribution is 5.66. The lowest BCUT2D eigenvalue weighted by Crippen LogP contribution is -2.19. The molecule has 2 rings (SSSR count). The first-order valence-corrected chi connectivity index (χ1v) is 7.34. The van der Waals surface area contributed by atoms with Crippen molar-refractivity contribution in [3.8, 4) is 0 Å². The molecule has 0 aliphatic heterocycles. The van der Waals surface area contributed by atoms with Crippen LogP contribution in [0.2, 0.25) is 0 Å². The molecule has 0 aliphatic rings. The van der Waals surface area contributed by atoms with Gasteiger partial charge in [0.15, 0.2) is 0 Å². The topological polar surface area (TPSA) is 56.1 Å². The Hall–Kier alpha value is -2.30. The number of anilines is 1. The first-order valence-electron chi connectivity index (χ1n) is 7.34. The van der Waals surface area contributed by atoms with E-state index in [1.165, 1.54) is 6.92 Å². The summed E-state index contributed by atoms with van der Waals surface area (Å²) in [5.41, 5.74) is 2.96. The lowest BCUT2D eigenvalue weighted by atomic mass is 10.1. The molecule has 0 unspecified atom stereocenters. The van der Waals surface area contributed by atoms with Gasteiger partial charge in [-0.3, -0.25) is 4.79 Å². The van der Waals surface area contributed by atoms with Crippen molar-refractivity contribution in [3.05, 3.63) is 48.0 Å². The van der Waals surface area contributed by atoms with Crippen LogP contribution in [0.4, 0.5) is 5.69 Å². The van der Waals surface area contributed by atoms with Crippen molar-refractivity contribution in [1.82, 2.24) is 9.55 Å². The van der Waals surface area contributed by atoms with Crippen molar-refractivity contribution in [1.29, 1.82) is 0 Å². The maximum absolute atomic E-state index is 10.8. The summed E-state index contributed by atoms with van der Waals surface area (Å²) in [5.74, 6) is -0.272. The Morgan fingerprint density at radius 3 is 2.77 bits per heavy atom. The van der Waals surface area contributed by atoms with E-state index in [0.717, 1.165) is 16.9 Å². The van der Waals surface area contributed by atoms with Crippen LogP contribution in [0.25, 0.3) is 0 Å². The van der Waals surface area contributed by atoms with Gasteiger partial charge in [0, 0.05) is 24.3 Å². The zero-order valence-corrected chi connectivity index (χ0v) is 13.6. The molecule has 118 valence electrons. The predicted molar refractivity (Wildman–Crippen MR) is 86.5 cm³/mol. The van der Waals surface area contributed by atoms with Gasteiger partial charge in [-0.25, -0.2) is 4.98 Å². The summed E-state index contributed by atoms with van der Waals surface area (Å²) < 4.78 is 7.10. The third-order valence-electron chi connectivity index (χ3n) is 3.25. The molecule has 0 radical (unpaired) electrons. The van der Waals surface area contributed by atoms with E-state index < -0.39 is 0 Å². The van der Waals surface area contributed by atoms with Crippen LogP contribution in [-0.4, -0.2) is 15.5 Å². The Balaban J connectivity index is 1.95. The molecular formula is C17H23N3O2. The third-order valence-corrected chi connectivity index (χ3v) is 3.25. The van der Waals surface area contributed by atoms with Gasteiger partial charge in [0.05, 0.1) is 18.6 Å². The molecule has 1 N–H and O–H groups in total. The molecule has 1 aromatic carbocycles. The normalized spacial score (nSPS) is 11.3. The van der Waals surface area contributed by atoms with Gasteiger partial charge in [0.1, 0.15) is 6.61 Å². The van der Waals surface area contributed by atoms with E-state index in [4.69, 9.17) is 4.74 Å². The maximum Gasteiger partial charge on any atom is 0.302 e. The van der Waals surface area contributed by atoms with Crippen LogP contribution >= 0.6 is 0 Å². The van der Waals surface area contributed by atoms with E-state index in [9.17, 15) is 4.79 Å². The molecule has 22 heavy (non-hydrogen) atoms. The molecule has 0 amide bonds. The molecule has 5 nitrogen and oxygen atoms in total. The van der Waals surface area contributed by atoms with E-state index in [0.29, 0.717) is 13.2 Å². The van der Waals surface area contributed by atoms with E-state index >= 15 is 0 Å². The minimum Gasteiger partial charge on any atom is -0.461 e. The minimum atomic E-state index is -0.272. The minimum absolute atomic E-state index is 0.0369. The zero-order valence-electron chi connectivity index (χ0n) is 13.6. The van der Waals surface area contributed by atoms with Crippen LogP contribution in [0.3, 0.4) is 0 Å². The number of benzene rings is 1. The SMILES string of the molecule is CC(=O)OCc1cccc(NCc2cn(C(C)(C)C)cn2)c1. The second-order valence-corrected chi connectivity index (χ2v) is 6.28. The van der Waals surface area contributed by atoms with Crippen LogP contribution in [0.1, 0.15) is 39.0 Å². The molecule has 5 heteroatoms. The first-order chi connectivity index (χ1) is 10.3. The number of hydrogen-bond acceptors (Lipinski definition) is 4. The van der Waals surface area contributed by atoms with Gasteiger partial charge in [0.2, 0.25) is 0 Å². The molecular weight excluding hydrogens is 278 g/mol. The first kappa shape index (κ1) is 16.1. The van der Waals surface area contributed by atoms with Crippen LogP contribution < -0.4 is 5.32 Å². The Labute approximate surface area is 131 Å². The van der Waals surface area contributed by atoms with Gasteiger partial charge in [-0.2, -0.15) is 0 Å². The Kier molecular flexibility index (Phi) is 4.85. The smallest absolute Gasteiger partial charge is 0.302 e. The number of hydrogen-bond donors (Lipinski definition) is 1. The summed E-state index contributed by atoms with van der Waals surface area (Å²) in [6.45, 7) is 8.79. The van der Waals surface area contributed by atoms with E-state index in [2.05, 4.69) is 41.8 Å². The van der Waals surface area contributed by atoms with Crippen molar-refractivity contribution >= 4 is 11.7 Å². The number of esters is 1. The van der Waals surface area contributed by atoms with Crippen molar-refractivity contribution in [2.45, 2.75) is 46.4 Å². The maximum atomic E-state index is 10.8. The molecule has 0 saturated carbocycles. The summed E-state index contributed by atoms with van der Waals surface area (Å²) in [7, 11) is 0. The molecule has 0 spiro atoms. The highest BCUT2D eigenvalue weighted by Gasteiger charge is 2.12. The Morgan fingerprint density at radius 1 is 1.36 bits per heavy atom. The molecule has 0 fully saturated rings. The summed E-state index contributed by atoms with van der Waals surface area (Å²) in [4.78, 5) is 15.3. The van der Waals surface area contributed by atoms with E-state index in [-0.39, 0.29) is 11.5 Å². The summed E-state index contributed by atoms with van der Waals surface area (Å²) in [5, 5.41) is 3.34. The Morgan fingerprint density at radius 2 is 2.14 bits per heavy atom. The standard InChI is InChI=1S/C17H23N3O2/c1-13(21)22-11-14-6-5-7-15(8-14)18-9-16-10-20(12-19-16)17(2,3)4/h5-8,10,12,18H,9,11H2,1-4H3. The molecule has 1 heterocycles. The number of aromatic nitrogens is 2. The number of imidazole rings is 1. The summed E-state index contributed by atoms with van der Waals surface area (Å²) in [6, 6.07) is 7.83. The number of nitrogens with zero attached hydrogens (tertiary/aromatic N) is 2. The van der Waals surface area contributed by atoms with Gasteiger partial charge in [0.25, 0.3) is 0 Å². The fourth-order valence-corrected chi connectivity index (χ4v) is 1.97. The average Bonchev–Trinajstić information content (AvgIpc) is 2.92. The van der Waals surface area contributed by atoms with Gasteiger partial charge in [-0.1, -0.05) is 12.1 Å². The Bertz CT molecular complexity index is 641. The second kappa shape index (κ2) is 6.64. The predicted octanol–water partition coefficient (Wildman–Crippen LogP) is 3.31. The molecule has 2 aromatic rings. The number of nitrogens with one attached hydrogen (secondary N) is 1.